The standard InChI is InChI=1S/C12H19N3S/c1-2-6-15-11(3-1)13-14-12(15)9-10-4-7-16-8-5-10/h10H,1-9H2. The van der Waals surface area contributed by atoms with Crippen LogP contribution in [-0.2, 0) is 19.4 Å². The van der Waals surface area contributed by atoms with E-state index in [9.17, 15) is 0 Å². The fraction of sp³-hybridized carbons (Fsp3) is 0.833. The summed E-state index contributed by atoms with van der Waals surface area (Å²) in [5.74, 6) is 6.02. The molecule has 16 heavy (non-hydrogen) atoms. The van der Waals surface area contributed by atoms with Gasteiger partial charge in [0, 0.05) is 19.4 Å². The van der Waals surface area contributed by atoms with Gasteiger partial charge >= 0.3 is 0 Å². The molecule has 1 saturated heterocycles. The minimum atomic E-state index is 0.858. The molecule has 1 aromatic rings. The summed E-state index contributed by atoms with van der Waals surface area (Å²) in [5, 5.41) is 8.73. The summed E-state index contributed by atoms with van der Waals surface area (Å²) in [5.41, 5.74) is 0. The zero-order valence-corrected chi connectivity index (χ0v) is 10.5. The highest BCUT2D eigenvalue weighted by atomic mass is 32.2. The Hall–Kier alpha value is -0.510. The van der Waals surface area contributed by atoms with Crippen molar-refractivity contribution < 1.29 is 0 Å². The number of rotatable bonds is 2. The highest BCUT2D eigenvalue weighted by Crippen LogP contribution is 2.26. The van der Waals surface area contributed by atoms with Crippen molar-refractivity contribution in [1.29, 1.82) is 0 Å². The smallest absolute Gasteiger partial charge is 0.133 e. The maximum atomic E-state index is 4.40. The molecule has 3 nitrogen and oxygen atoms in total. The number of aryl methyl sites for hydroxylation is 1. The van der Waals surface area contributed by atoms with E-state index >= 15 is 0 Å². The van der Waals surface area contributed by atoms with Crippen molar-refractivity contribution in [2.45, 2.75) is 45.1 Å². The molecule has 88 valence electrons. The summed E-state index contributed by atoms with van der Waals surface area (Å²) in [6, 6.07) is 0. The monoisotopic (exact) mass is 237 g/mol. The van der Waals surface area contributed by atoms with E-state index in [4.69, 9.17) is 0 Å². The summed E-state index contributed by atoms with van der Waals surface area (Å²) < 4.78 is 2.38. The van der Waals surface area contributed by atoms with Gasteiger partial charge in [-0.1, -0.05) is 0 Å². The Morgan fingerprint density at radius 2 is 2.06 bits per heavy atom. The van der Waals surface area contributed by atoms with Gasteiger partial charge in [-0.3, -0.25) is 0 Å². The molecule has 0 atom stereocenters. The Labute approximate surface area is 101 Å². The Morgan fingerprint density at radius 1 is 1.19 bits per heavy atom. The van der Waals surface area contributed by atoms with Crippen molar-refractivity contribution in [2.75, 3.05) is 11.5 Å². The van der Waals surface area contributed by atoms with Crippen LogP contribution >= 0.6 is 11.8 Å². The number of nitrogens with zero attached hydrogens (tertiary/aromatic N) is 3. The van der Waals surface area contributed by atoms with E-state index in [0.717, 1.165) is 25.3 Å². The molecule has 4 heteroatoms. The second-order valence-electron chi connectivity index (χ2n) is 4.90. The molecule has 0 spiro atoms. The fourth-order valence-electron chi connectivity index (χ4n) is 2.73. The van der Waals surface area contributed by atoms with Gasteiger partial charge in [0.15, 0.2) is 0 Å². The van der Waals surface area contributed by atoms with Crippen LogP contribution in [0.2, 0.25) is 0 Å². The first kappa shape index (κ1) is 10.6. The minimum absolute atomic E-state index is 0.858. The van der Waals surface area contributed by atoms with E-state index in [0.29, 0.717) is 0 Å². The SMILES string of the molecule is C1CCn2c(nnc2CC2CCSCC2)C1. The number of hydrogen-bond donors (Lipinski definition) is 0. The van der Waals surface area contributed by atoms with Crippen molar-refractivity contribution in [3.8, 4) is 0 Å². The first-order valence-corrected chi connectivity index (χ1v) is 7.57. The number of thioether (sulfide) groups is 1. The normalized spacial score (nSPS) is 22.0. The van der Waals surface area contributed by atoms with Crippen molar-refractivity contribution in [2.24, 2.45) is 5.92 Å². The van der Waals surface area contributed by atoms with E-state index < -0.39 is 0 Å². The second-order valence-corrected chi connectivity index (χ2v) is 6.13. The Morgan fingerprint density at radius 3 is 2.94 bits per heavy atom. The molecule has 0 aliphatic carbocycles. The molecule has 3 rings (SSSR count). The zero-order valence-electron chi connectivity index (χ0n) is 9.69. The lowest BCUT2D eigenvalue weighted by Gasteiger charge is -2.22. The molecule has 1 fully saturated rings. The first-order chi connectivity index (χ1) is 7.93. The third-order valence-corrected chi connectivity index (χ3v) is 4.80. The van der Waals surface area contributed by atoms with E-state index in [1.165, 1.54) is 48.8 Å². The van der Waals surface area contributed by atoms with Crippen LogP contribution < -0.4 is 0 Å². The lowest BCUT2D eigenvalue weighted by molar-refractivity contribution is 0.445. The molecular weight excluding hydrogens is 218 g/mol. The Bertz CT molecular complexity index is 355. The van der Waals surface area contributed by atoms with E-state index in [-0.39, 0.29) is 0 Å². The van der Waals surface area contributed by atoms with E-state index in [2.05, 4.69) is 26.5 Å². The van der Waals surface area contributed by atoms with Crippen LogP contribution in [0.3, 0.4) is 0 Å². The van der Waals surface area contributed by atoms with Crippen molar-refractivity contribution in [1.82, 2.24) is 14.8 Å². The van der Waals surface area contributed by atoms with Gasteiger partial charge in [0.1, 0.15) is 11.6 Å². The van der Waals surface area contributed by atoms with Crippen LogP contribution in [0.4, 0.5) is 0 Å². The Balaban J connectivity index is 1.71. The molecule has 0 unspecified atom stereocenters. The predicted molar refractivity (Wildman–Crippen MR) is 66.7 cm³/mol. The van der Waals surface area contributed by atoms with Crippen molar-refractivity contribution in [3.63, 3.8) is 0 Å². The molecule has 0 saturated carbocycles. The van der Waals surface area contributed by atoms with Gasteiger partial charge in [0.25, 0.3) is 0 Å². The fourth-order valence-corrected chi connectivity index (χ4v) is 3.93. The average molecular weight is 237 g/mol. The van der Waals surface area contributed by atoms with Crippen LogP contribution in [0.1, 0.15) is 37.3 Å². The van der Waals surface area contributed by atoms with E-state index in [1.807, 2.05) is 0 Å². The van der Waals surface area contributed by atoms with E-state index in [1.54, 1.807) is 0 Å². The first-order valence-electron chi connectivity index (χ1n) is 6.42. The van der Waals surface area contributed by atoms with Gasteiger partial charge in [-0.05, 0) is 43.1 Å². The van der Waals surface area contributed by atoms with Gasteiger partial charge in [0.05, 0.1) is 0 Å². The molecule has 0 amide bonds. The molecule has 0 bridgehead atoms. The third-order valence-electron chi connectivity index (χ3n) is 3.75. The minimum Gasteiger partial charge on any atom is -0.315 e. The van der Waals surface area contributed by atoms with Gasteiger partial charge in [0.2, 0.25) is 0 Å². The van der Waals surface area contributed by atoms with Crippen LogP contribution in [0.15, 0.2) is 0 Å². The highest BCUT2D eigenvalue weighted by molar-refractivity contribution is 7.99. The van der Waals surface area contributed by atoms with Gasteiger partial charge in [-0.2, -0.15) is 11.8 Å². The molecule has 1 aromatic heterocycles. The molecular formula is C12H19N3S. The zero-order chi connectivity index (χ0) is 10.8. The average Bonchev–Trinajstić information content (AvgIpc) is 2.74. The van der Waals surface area contributed by atoms with Gasteiger partial charge in [-0.25, -0.2) is 0 Å². The van der Waals surface area contributed by atoms with Gasteiger partial charge < -0.3 is 4.57 Å². The van der Waals surface area contributed by atoms with Crippen molar-refractivity contribution in [3.05, 3.63) is 11.6 Å². The molecule has 2 aliphatic rings. The summed E-state index contributed by atoms with van der Waals surface area (Å²) in [6.07, 6.45) is 7.62. The maximum Gasteiger partial charge on any atom is 0.133 e. The van der Waals surface area contributed by atoms with Crippen LogP contribution in [-0.4, -0.2) is 26.3 Å². The molecule has 0 N–H and O–H groups in total. The predicted octanol–water partition coefficient (Wildman–Crippen LogP) is 2.30. The number of aromatic nitrogens is 3. The quantitative estimate of drug-likeness (QED) is 0.791. The van der Waals surface area contributed by atoms with Crippen LogP contribution in [0.25, 0.3) is 0 Å². The van der Waals surface area contributed by atoms with Crippen molar-refractivity contribution >= 4 is 11.8 Å². The van der Waals surface area contributed by atoms with Gasteiger partial charge in [-0.15, -0.1) is 10.2 Å². The maximum absolute atomic E-state index is 4.40. The summed E-state index contributed by atoms with van der Waals surface area (Å²) in [4.78, 5) is 0. The molecule has 3 heterocycles. The lowest BCUT2D eigenvalue weighted by Crippen LogP contribution is -2.18. The third kappa shape index (κ3) is 2.12. The number of fused-ring (bicyclic) bond motifs is 1. The second kappa shape index (κ2) is 4.78. The topological polar surface area (TPSA) is 30.7 Å². The molecule has 0 aromatic carbocycles. The summed E-state index contributed by atoms with van der Waals surface area (Å²) >= 11 is 2.10. The largest absolute Gasteiger partial charge is 0.315 e. The Kier molecular flexibility index (Phi) is 3.18. The summed E-state index contributed by atoms with van der Waals surface area (Å²) in [7, 11) is 0. The highest BCUT2D eigenvalue weighted by Gasteiger charge is 2.20. The van der Waals surface area contributed by atoms with Crippen LogP contribution in [0, 0.1) is 5.92 Å². The van der Waals surface area contributed by atoms with Crippen LogP contribution in [0.5, 0.6) is 0 Å². The number of hydrogen-bond acceptors (Lipinski definition) is 3. The lowest BCUT2D eigenvalue weighted by atomic mass is 9.98. The summed E-state index contributed by atoms with van der Waals surface area (Å²) in [6.45, 7) is 1.15. The molecule has 0 radical (unpaired) electrons. The molecule has 2 aliphatic heterocycles.